The number of sulfonamides is 1. The molecule has 0 bridgehead atoms. The molecule has 1 saturated carbocycles. The Bertz CT molecular complexity index is 558. The largest absolute Gasteiger partial charge is 0.378 e. The van der Waals surface area contributed by atoms with Crippen LogP contribution in [0.2, 0.25) is 0 Å². The van der Waals surface area contributed by atoms with Gasteiger partial charge in [-0.3, -0.25) is 0 Å². The molecule has 0 aromatic heterocycles. The maximum Gasteiger partial charge on any atom is 0.240 e. The molecule has 0 unspecified atom stereocenters. The van der Waals surface area contributed by atoms with Crippen molar-refractivity contribution < 1.29 is 17.5 Å². The molecule has 0 aliphatic heterocycles. The first kappa shape index (κ1) is 14.9. The molecule has 4 nitrogen and oxygen atoms in total. The summed E-state index contributed by atoms with van der Waals surface area (Å²) in [4.78, 5) is -0.0620. The molecular weight excluding hydrogens is 337 g/mol. The van der Waals surface area contributed by atoms with Gasteiger partial charge in [-0.1, -0.05) is 0 Å². The molecule has 1 aliphatic rings. The predicted octanol–water partition coefficient (Wildman–Crippen LogP) is 2.43. The van der Waals surface area contributed by atoms with Gasteiger partial charge in [-0.15, -0.1) is 0 Å². The first-order valence-electron chi connectivity index (χ1n) is 6.01. The Labute approximate surface area is 120 Å². The first-order valence-corrected chi connectivity index (χ1v) is 8.29. The summed E-state index contributed by atoms with van der Waals surface area (Å²) in [7, 11) is -3.66. The third-order valence-corrected chi connectivity index (χ3v) is 5.18. The summed E-state index contributed by atoms with van der Waals surface area (Å²) in [5.74, 6) is -0.594. The summed E-state index contributed by atoms with van der Waals surface area (Å²) in [5, 5.41) is 0. The number of hydrogen-bond acceptors (Lipinski definition) is 3. The smallest absolute Gasteiger partial charge is 0.240 e. The molecule has 1 aromatic carbocycles. The van der Waals surface area contributed by atoms with Gasteiger partial charge in [-0.05, 0) is 53.9 Å². The van der Waals surface area contributed by atoms with E-state index in [1.807, 2.05) is 6.92 Å². The zero-order valence-corrected chi connectivity index (χ0v) is 12.8. The average molecular weight is 352 g/mol. The molecule has 0 radical (unpaired) electrons. The molecule has 2 rings (SSSR count). The third kappa shape index (κ3) is 3.53. The summed E-state index contributed by atoms with van der Waals surface area (Å²) in [6, 6.07) is 3.63. The van der Waals surface area contributed by atoms with Crippen molar-refractivity contribution in [2.24, 2.45) is 0 Å². The zero-order chi connectivity index (χ0) is 14.0. The van der Waals surface area contributed by atoms with Gasteiger partial charge in [0.25, 0.3) is 0 Å². The van der Waals surface area contributed by atoms with Crippen LogP contribution in [0.4, 0.5) is 4.39 Å². The Morgan fingerprint density at radius 1 is 1.47 bits per heavy atom. The summed E-state index contributed by atoms with van der Waals surface area (Å²) < 4.78 is 45.6. The normalized spacial score (nSPS) is 23.1. The molecule has 0 spiro atoms. The van der Waals surface area contributed by atoms with Crippen LogP contribution in [0.3, 0.4) is 0 Å². The van der Waals surface area contributed by atoms with Crippen molar-refractivity contribution in [3.63, 3.8) is 0 Å². The van der Waals surface area contributed by atoms with Crippen LogP contribution in [0.1, 0.15) is 19.8 Å². The van der Waals surface area contributed by atoms with Gasteiger partial charge in [0.1, 0.15) is 5.82 Å². The fourth-order valence-electron chi connectivity index (χ4n) is 1.97. The van der Waals surface area contributed by atoms with E-state index in [1.165, 1.54) is 12.1 Å². The van der Waals surface area contributed by atoms with Crippen LogP contribution in [0.5, 0.6) is 0 Å². The Kier molecular flexibility index (Phi) is 4.60. The lowest BCUT2D eigenvalue weighted by atomic mass is 9.90. The van der Waals surface area contributed by atoms with E-state index in [1.54, 1.807) is 0 Å². The van der Waals surface area contributed by atoms with Crippen LogP contribution in [0.15, 0.2) is 27.6 Å². The highest BCUT2D eigenvalue weighted by Crippen LogP contribution is 2.26. The third-order valence-electron chi connectivity index (χ3n) is 3.02. The zero-order valence-electron chi connectivity index (χ0n) is 10.4. The average Bonchev–Trinajstić information content (AvgIpc) is 2.30. The van der Waals surface area contributed by atoms with Crippen LogP contribution in [0.25, 0.3) is 0 Å². The Balaban J connectivity index is 2.01. The molecular formula is C12H15BrFNO3S. The van der Waals surface area contributed by atoms with Crippen LogP contribution in [0, 0.1) is 5.82 Å². The summed E-state index contributed by atoms with van der Waals surface area (Å²) >= 11 is 2.99. The topological polar surface area (TPSA) is 55.4 Å². The SMILES string of the molecule is CCOC1CC(NS(=O)(=O)c2ccc(Br)c(F)c2)C1. The van der Waals surface area contributed by atoms with E-state index in [2.05, 4.69) is 20.7 Å². The van der Waals surface area contributed by atoms with E-state index in [0.29, 0.717) is 19.4 Å². The minimum Gasteiger partial charge on any atom is -0.378 e. The van der Waals surface area contributed by atoms with Gasteiger partial charge in [0.05, 0.1) is 15.5 Å². The molecule has 7 heteroatoms. The van der Waals surface area contributed by atoms with Crippen LogP contribution >= 0.6 is 15.9 Å². The highest BCUT2D eigenvalue weighted by atomic mass is 79.9. The molecule has 1 aromatic rings. The van der Waals surface area contributed by atoms with Gasteiger partial charge in [0.2, 0.25) is 10.0 Å². The monoisotopic (exact) mass is 351 g/mol. The number of ether oxygens (including phenoxy) is 1. The van der Waals surface area contributed by atoms with E-state index in [9.17, 15) is 12.8 Å². The summed E-state index contributed by atoms with van der Waals surface area (Å²) in [5.41, 5.74) is 0. The van der Waals surface area contributed by atoms with E-state index in [4.69, 9.17) is 4.74 Å². The fourth-order valence-corrected chi connectivity index (χ4v) is 3.48. The van der Waals surface area contributed by atoms with Crippen LogP contribution in [-0.4, -0.2) is 27.2 Å². The molecule has 0 heterocycles. The van der Waals surface area contributed by atoms with Crippen molar-refractivity contribution in [2.75, 3.05) is 6.61 Å². The Morgan fingerprint density at radius 2 is 2.16 bits per heavy atom. The maximum absolute atomic E-state index is 13.3. The van der Waals surface area contributed by atoms with Gasteiger partial charge < -0.3 is 4.74 Å². The van der Waals surface area contributed by atoms with Crippen LogP contribution in [-0.2, 0) is 14.8 Å². The highest BCUT2D eigenvalue weighted by molar-refractivity contribution is 9.10. The quantitative estimate of drug-likeness (QED) is 0.886. The molecule has 0 saturated heterocycles. The Hall–Kier alpha value is -0.500. The lowest BCUT2D eigenvalue weighted by Gasteiger charge is -2.35. The van der Waals surface area contributed by atoms with Gasteiger partial charge in [0, 0.05) is 12.6 Å². The number of halogens is 2. The number of nitrogens with one attached hydrogen (secondary N) is 1. The van der Waals surface area contributed by atoms with E-state index < -0.39 is 15.8 Å². The van der Waals surface area contributed by atoms with E-state index in [0.717, 1.165) is 6.07 Å². The summed E-state index contributed by atoms with van der Waals surface area (Å²) in [6.45, 7) is 2.53. The standard InChI is InChI=1S/C12H15BrFNO3S/c1-2-18-9-5-8(6-9)15-19(16,17)10-3-4-11(13)12(14)7-10/h3-4,7-9,15H,2,5-6H2,1H3. The molecule has 1 aliphatic carbocycles. The second kappa shape index (κ2) is 5.87. The highest BCUT2D eigenvalue weighted by Gasteiger charge is 2.33. The van der Waals surface area contributed by atoms with Crippen molar-refractivity contribution >= 4 is 26.0 Å². The van der Waals surface area contributed by atoms with Gasteiger partial charge >= 0.3 is 0 Å². The maximum atomic E-state index is 13.3. The fraction of sp³-hybridized carbons (Fsp3) is 0.500. The number of benzene rings is 1. The molecule has 106 valence electrons. The van der Waals surface area contributed by atoms with E-state index >= 15 is 0 Å². The van der Waals surface area contributed by atoms with Crippen molar-refractivity contribution in [3.05, 3.63) is 28.5 Å². The number of rotatable bonds is 5. The summed E-state index contributed by atoms with van der Waals surface area (Å²) in [6.07, 6.45) is 1.44. The van der Waals surface area contributed by atoms with Gasteiger partial charge in [-0.2, -0.15) is 0 Å². The molecule has 0 amide bonds. The predicted molar refractivity (Wildman–Crippen MR) is 72.9 cm³/mol. The van der Waals surface area contributed by atoms with Gasteiger partial charge in [0.15, 0.2) is 0 Å². The minimum absolute atomic E-state index is 0.0620. The minimum atomic E-state index is -3.66. The number of hydrogen-bond donors (Lipinski definition) is 1. The molecule has 1 fully saturated rings. The van der Waals surface area contributed by atoms with Crippen LogP contribution < -0.4 is 4.72 Å². The lowest BCUT2D eigenvalue weighted by molar-refractivity contribution is -0.00476. The van der Waals surface area contributed by atoms with Crippen molar-refractivity contribution in [2.45, 2.75) is 36.8 Å². The van der Waals surface area contributed by atoms with Gasteiger partial charge in [-0.25, -0.2) is 17.5 Å². The first-order chi connectivity index (χ1) is 8.92. The molecule has 0 atom stereocenters. The van der Waals surface area contributed by atoms with Crippen molar-refractivity contribution in [1.82, 2.24) is 4.72 Å². The molecule has 1 N–H and O–H groups in total. The second-order valence-corrected chi connectivity index (χ2v) is 7.01. The molecule has 19 heavy (non-hydrogen) atoms. The Morgan fingerprint density at radius 3 is 2.74 bits per heavy atom. The lowest BCUT2D eigenvalue weighted by Crippen LogP contribution is -2.47. The van der Waals surface area contributed by atoms with E-state index in [-0.39, 0.29) is 21.5 Å². The van der Waals surface area contributed by atoms with Crippen molar-refractivity contribution in [1.29, 1.82) is 0 Å². The van der Waals surface area contributed by atoms with Crippen molar-refractivity contribution in [3.8, 4) is 0 Å². The second-order valence-electron chi connectivity index (χ2n) is 4.44.